The fraction of sp³-hybridized carbons (Fsp3) is 0.304. The molecule has 0 atom stereocenters. The van der Waals surface area contributed by atoms with E-state index in [2.05, 4.69) is 50.2 Å². The standard InChI is InChI=1S/C23H24N8O/c1-15-4-5-16-6-8-29(9-7-17(16)13-15)10-11-30-21-18(14-25-30)22-26-20(19-3-2-12-32-19)28-31(22)23(24)27-21/h2-5,12-14H,6-11H2,1H3,(H2,24,27). The summed E-state index contributed by atoms with van der Waals surface area (Å²) in [7, 11) is 0. The Hall–Kier alpha value is -3.72. The zero-order valence-corrected chi connectivity index (χ0v) is 17.9. The fourth-order valence-electron chi connectivity index (χ4n) is 4.49. The molecule has 5 heterocycles. The average molecular weight is 429 g/mol. The highest BCUT2D eigenvalue weighted by atomic mass is 16.3. The molecule has 0 unspecified atom stereocenters. The van der Waals surface area contributed by atoms with E-state index in [9.17, 15) is 0 Å². The zero-order valence-electron chi connectivity index (χ0n) is 17.9. The molecule has 4 aromatic heterocycles. The van der Waals surface area contributed by atoms with E-state index in [0.29, 0.717) is 17.2 Å². The maximum Gasteiger partial charge on any atom is 0.225 e. The minimum Gasteiger partial charge on any atom is -0.461 e. The summed E-state index contributed by atoms with van der Waals surface area (Å²) < 4.78 is 8.88. The molecule has 2 N–H and O–H groups in total. The molecule has 0 spiro atoms. The van der Waals surface area contributed by atoms with Crippen molar-refractivity contribution in [1.82, 2.24) is 34.3 Å². The van der Waals surface area contributed by atoms with Crippen LogP contribution in [0.1, 0.15) is 16.7 Å². The minimum atomic E-state index is 0.278. The van der Waals surface area contributed by atoms with E-state index in [1.54, 1.807) is 23.0 Å². The van der Waals surface area contributed by atoms with E-state index >= 15 is 0 Å². The molecule has 1 aliphatic rings. The summed E-state index contributed by atoms with van der Waals surface area (Å²) in [4.78, 5) is 11.7. The molecule has 0 amide bonds. The molecule has 0 aliphatic carbocycles. The van der Waals surface area contributed by atoms with Crippen LogP contribution in [0.5, 0.6) is 0 Å². The number of hydrogen-bond acceptors (Lipinski definition) is 7. The second-order valence-electron chi connectivity index (χ2n) is 8.34. The van der Waals surface area contributed by atoms with Gasteiger partial charge in [-0.25, -0.2) is 9.67 Å². The van der Waals surface area contributed by atoms with Crippen molar-refractivity contribution in [2.45, 2.75) is 26.3 Å². The van der Waals surface area contributed by atoms with Gasteiger partial charge in [0.05, 0.1) is 24.4 Å². The summed E-state index contributed by atoms with van der Waals surface area (Å²) in [6.45, 7) is 5.90. The topological polar surface area (TPSA) is 103 Å². The lowest BCUT2D eigenvalue weighted by Crippen LogP contribution is -2.30. The van der Waals surface area contributed by atoms with Gasteiger partial charge in [0, 0.05) is 19.6 Å². The third-order valence-corrected chi connectivity index (χ3v) is 6.22. The molecule has 9 heteroatoms. The number of benzene rings is 1. The Morgan fingerprint density at radius 3 is 2.75 bits per heavy atom. The molecule has 0 fully saturated rings. The Morgan fingerprint density at radius 2 is 1.91 bits per heavy atom. The Balaban J connectivity index is 1.24. The van der Waals surface area contributed by atoms with Gasteiger partial charge in [0.15, 0.2) is 17.1 Å². The highest BCUT2D eigenvalue weighted by molar-refractivity contribution is 5.90. The summed E-state index contributed by atoms with van der Waals surface area (Å²) in [6, 6.07) is 10.4. The van der Waals surface area contributed by atoms with Gasteiger partial charge >= 0.3 is 0 Å². The van der Waals surface area contributed by atoms with Gasteiger partial charge in [-0.3, -0.25) is 0 Å². The van der Waals surface area contributed by atoms with Crippen LogP contribution < -0.4 is 5.73 Å². The third-order valence-electron chi connectivity index (χ3n) is 6.22. The average Bonchev–Trinajstić information content (AvgIpc) is 3.51. The maximum absolute atomic E-state index is 6.20. The van der Waals surface area contributed by atoms with Crippen molar-refractivity contribution in [3.05, 3.63) is 59.5 Å². The number of anilines is 1. The molecule has 5 aromatic rings. The fourth-order valence-corrected chi connectivity index (χ4v) is 4.49. The van der Waals surface area contributed by atoms with Crippen LogP contribution in [0.25, 0.3) is 28.3 Å². The Kier molecular flexibility index (Phi) is 4.43. The lowest BCUT2D eigenvalue weighted by Gasteiger charge is -2.19. The van der Waals surface area contributed by atoms with Crippen LogP contribution in [0.2, 0.25) is 0 Å². The van der Waals surface area contributed by atoms with Crippen molar-refractivity contribution in [2.75, 3.05) is 25.4 Å². The van der Waals surface area contributed by atoms with Gasteiger partial charge in [-0.2, -0.15) is 14.6 Å². The summed E-state index contributed by atoms with van der Waals surface area (Å²) in [5.41, 5.74) is 11.8. The van der Waals surface area contributed by atoms with E-state index in [0.717, 1.165) is 50.1 Å². The predicted molar refractivity (Wildman–Crippen MR) is 121 cm³/mol. The molecule has 9 nitrogen and oxygen atoms in total. The van der Waals surface area contributed by atoms with Gasteiger partial charge in [-0.1, -0.05) is 23.8 Å². The molecule has 0 bridgehead atoms. The van der Waals surface area contributed by atoms with Crippen LogP contribution in [0, 0.1) is 6.92 Å². The van der Waals surface area contributed by atoms with Crippen LogP contribution in [0.15, 0.2) is 47.2 Å². The van der Waals surface area contributed by atoms with Crippen LogP contribution in [-0.2, 0) is 19.4 Å². The van der Waals surface area contributed by atoms with E-state index in [1.165, 1.54) is 16.7 Å². The van der Waals surface area contributed by atoms with Crippen LogP contribution in [0.4, 0.5) is 5.95 Å². The highest BCUT2D eigenvalue weighted by Crippen LogP contribution is 2.24. The lowest BCUT2D eigenvalue weighted by atomic mass is 10.0. The van der Waals surface area contributed by atoms with Gasteiger partial charge in [0.2, 0.25) is 11.8 Å². The van der Waals surface area contributed by atoms with Gasteiger partial charge in [0.1, 0.15) is 0 Å². The van der Waals surface area contributed by atoms with Crippen molar-refractivity contribution >= 4 is 22.6 Å². The number of fused-ring (bicyclic) bond motifs is 4. The molecule has 1 aliphatic heterocycles. The van der Waals surface area contributed by atoms with Gasteiger partial charge in [-0.15, -0.1) is 5.10 Å². The minimum absolute atomic E-state index is 0.278. The molecular formula is C23H24N8O. The van der Waals surface area contributed by atoms with Gasteiger partial charge in [-0.05, 0) is 43.0 Å². The number of nitrogens with two attached hydrogens (primary N) is 1. The molecule has 32 heavy (non-hydrogen) atoms. The van der Waals surface area contributed by atoms with Crippen LogP contribution >= 0.6 is 0 Å². The van der Waals surface area contributed by atoms with E-state index in [4.69, 9.17) is 10.2 Å². The first-order valence-electron chi connectivity index (χ1n) is 10.9. The predicted octanol–water partition coefficient (Wildman–Crippen LogP) is 2.73. The number of furan rings is 1. The second kappa shape index (κ2) is 7.45. The van der Waals surface area contributed by atoms with E-state index < -0.39 is 0 Å². The smallest absolute Gasteiger partial charge is 0.225 e. The molecule has 0 saturated heterocycles. The van der Waals surface area contributed by atoms with Crippen LogP contribution in [0.3, 0.4) is 0 Å². The number of aryl methyl sites for hydroxylation is 1. The van der Waals surface area contributed by atoms with E-state index in [1.807, 2.05) is 10.7 Å². The quantitative estimate of drug-likeness (QED) is 0.469. The first kappa shape index (κ1) is 19.0. The van der Waals surface area contributed by atoms with E-state index in [-0.39, 0.29) is 5.95 Å². The van der Waals surface area contributed by atoms with Gasteiger partial charge in [0.25, 0.3) is 0 Å². The molecular weight excluding hydrogens is 404 g/mol. The van der Waals surface area contributed by atoms with Crippen molar-refractivity contribution in [3.63, 3.8) is 0 Å². The Labute approximate surface area is 184 Å². The first-order valence-corrected chi connectivity index (χ1v) is 10.9. The third kappa shape index (κ3) is 3.21. The summed E-state index contributed by atoms with van der Waals surface area (Å²) in [5.74, 6) is 1.34. The Morgan fingerprint density at radius 1 is 1.03 bits per heavy atom. The second-order valence-corrected chi connectivity index (χ2v) is 8.34. The van der Waals surface area contributed by atoms with Crippen molar-refractivity contribution in [1.29, 1.82) is 0 Å². The molecule has 6 rings (SSSR count). The summed E-state index contributed by atoms with van der Waals surface area (Å²) >= 11 is 0. The highest BCUT2D eigenvalue weighted by Gasteiger charge is 2.19. The molecule has 0 radical (unpaired) electrons. The molecule has 0 saturated carbocycles. The number of aromatic nitrogens is 6. The number of nitrogen functional groups attached to an aromatic ring is 1. The van der Waals surface area contributed by atoms with Crippen molar-refractivity contribution in [3.8, 4) is 11.6 Å². The molecule has 1 aromatic carbocycles. The lowest BCUT2D eigenvalue weighted by molar-refractivity contribution is 0.272. The van der Waals surface area contributed by atoms with Gasteiger partial charge < -0.3 is 15.1 Å². The largest absolute Gasteiger partial charge is 0.461 e. The monoisotopic (exact) mass is 428 g/mol. The van der Waals surface area contributed by atoms with Crippen LogP contribution in [-0.4, -0.2) is 53.9 Å². The normalized spacial score (nSPS) is 14.8. The first-order chi connectivity index (χ1) is 15.7. The number of hydrogen-bond donors (Lipinski definition) is 1. The zero-order chi connectivity index (χ0) is 21.7. The SMILES string of the molecule is Cc1ccc2c(c1)CCN(CCn1ncc3c1nc(N)n1nc(-c4ccco4)nc31)CC2. The molecule has 162 valence electrons. The van der Waals surface area contributed by atoms with Crippen molar-refractivity contribution in [2.24, 2.45) is 0 Å². The number of rotatable bonds is 4. The number of nitrogens with zero attached hydrogens (tertiary/aromatic N) is 7. The summed E-state index contributed by atoms with van der Waals surface area (Å²) in [6.07, 6.45) is 5.55. The summed E-state index contributed by atoms with van der Waals surface area (Å²) in [5, 5.41) is 9.86. The van der Waals surface area contributed by atoms with Crippen molar-refractivity contribution < 1.29 is 4.42 Å². The maximum atomic E-state index is 6.20. The Bertz CT molecular complexity index is 1420.